The number of amides is 1. The van der Waals surface area contributed by atoms with Crippen LogP contribution in [-0.4, -0.2) is 44.7 Å². The third-order valence-electron chi connectivity index (χ3n) is 4.39. The lowest BCUT2D eigenvalue weighted by Gasteiger charge is -2.39. The standard InChI is InChI=1S/C17H25N3O2/c1-4-20-15-13(19-10-8-18-9-11-19)6-5-7-14(15)22-16(12(2)3)17(20)21/h5-7,12,16,18H,4,8-11H2,1-3H3. The normalized spacial score (nSPS) is 21.8. The van der Waals surface area contributed by atoms with Crippen molar-refractivity contribution in [3.8, 4) is 5.75 Å². The van der Waals surface area contributed by atoms with Gasteiger partial charge in [0.15, 0.2) is 6.10 Å². The topological polar surface area (TPSA) is 44.8 Å². The van der Waals surface area contributed by atoms with Gasteiger partial charge in [-0.05, 0) is 25.0 Å². The first-order valence-electron chi connectivity index (χ1n) is 8.20. The first-order valence-corrected chi connectivity index (χ1v) is 8.20. The fourth-order valence-electron chi connectivity index (χ4n) is 3.22. The number of hydrogen-bond acceptors (Lipinski definition) is 4. The molecule has 0 saturated carbocycles. The van der Waals surface area contributed by atoms with Gasteiger partial charge in [-0.2, -0.15) is 0 Å². The van der Waals surface area contributed by atoms with Crippen molar-refractivity contribution < 1.29 is 9.53 Å². The van der Waals surface area contributed by atoms with Crippen molar-refractivity contribution >= 4 is 17.3 Å². The molecule has 1 fully saturated rings. The van der Waals surface area contributed by atoms with Crippen molar-refractivity contribution in [3.05, 3.63) is 18.2 Å². The van der Waals surface area contributed by atoms with E-state index < -0.39 is 0 Å². The van der Waals surface area contributed by atoms with Crippen molar-refractivity contribution in [2.45, 2.75) is 26.9 Å². The number of hydrogen-bond donors (Lipinski definition) is 1. The van der Waals surface area contributed by atoms with Gasteiger partial charge in [-0.1, -0.05) is 19.9 Å². The molecule has 1 atom stereocenters. The summed E-state index contributed by atoms with van der Waals surface area (Å²) in [6.07, 6.45) is -0.384. The monoisotopic (exact) mass is 303 g/mol. The molecular weight excluding hydrogens is 278 g/mol. The van der Waals surface area contributed by atoms with Crippen LogP contribution in [0.5, 0.6) is 5.75 Å². The van der Waals surface area contributed by atoms with Crippen molar-refractivity contribution in [2.24, 2.45) is 5.92 Å². The van der Waals surface area contributed by atoms with E-state index in [1.54, 1.807) is 0 Å². The largest absolute Gasteiger partial charge is 0.478 e. The Morgan fingerprint density at radius 3 is 2.68 bits per heavy atom. The number of fused-ring (bicyclic) bond motifs is 1. The number of benzene rings is 1. The molecule has 3 rings (SSSR count). The molecule has 5 nitrogen and oxygen atoms in total. The third kappa shape index (κ3) is 2.54. The van der Waals surface area contributed by atoms with Crippen molar-refractivity contribution in [1.29, 1.82) is 0 Å². The second-order valence-electron chi connectivity index (χ2n) is 6.23. The van der Waals surface area contributed by atoms with Gasteiger partial charge in [0.2, 0.25) is 0 Å². The highest BCUT2D eigenvalue weighted by molar-refractivity contribution is 6.03. The Hall–Kier alpha value is -1.75. The second kappa shape index (κ2) is 6.16. The van der Waals surface area contributed by atoms with Crippen LogP contribution in [0.1, 0.15) is 20.8 Å². The summed E-state index contributed by atoms with van der Waals surface area (Å²) in [5.74, 6) is 1.07. The number of carbonyl (C=O) groups is 1. The van der Waals surface area contributed by atoms with Gasteiger partial charge < -0.3 is 19.9 Å². The van der Waals surface area contributed by atoms with Crippen molar-refractivity contribution in [1.82, 2.24) is 5.32 Å². The molecule has 0 bridgehead atoms. The van der Waals surface area contributed by atoms with Crippen LogP contribution in [0.25, 0.3) is 0 Å². The van der Waals surface area contributed by atoms with Gasteiger partial charge in [0.05, 0.1) is 5.69 Å². The highest BCUT2D eigenvalue weighted by Gasteiger charge is 2.37. The zero-order valence-corrected chi connectivity index (χ0v) is 13.6. The first kappa shape index (κ1) is 15.2. The molecule has 2 heterocycles. The van der Waals surface area contributed by atoms with Crippen LogP contribution in [0.2, 0.25) is 0 Å². The molecule has 0 aromatic heterocycles. The van der Waals surface area contributed by atoms with E-state index in [2.05, 4.69) is 16.3 Å². The summed E-state index contributed by atoms with van der Waals surface area (Å²) in [5, 5.41) is 3.37. The van der Waals surface area contributed by atoms with Crippen molar-refractivity contribution in [3.63, 3.8) is 0 Å². The van der Waals surface area contributed by atoms with Crippen LogP contribution in [0, 0.1) is 5.92 Å². The molecule has 0 aliphatic carbocycles. The summed E-state index contributed by atoms with van der Waals surface area (Å²) in [5.41, 5.74) is 2.05. The molecule has 120 valence electrons. The predicted octanol–water partition coefficient (Wildman–Crippen LogP) is 1.87. The van der Waals surface area contributed by atoms with Crippen LogP contribution >= 0.6 is 0 Å². The highest BCUT2D eigenvalue weighted by Crippen LogP contribution is 2.42. The highest BCUT2D eigenvalue weighted by atomic mass is 16.5. The Bertz CT molecular complexity index is 553. The average Bonchev–Trinajstić information content (AvgIpc) is 2.54. The molecule has 1 amide bonds. The Kier molecular flexibility index (Phi) is 4.25. The number of nitrogens with zero attached hydrogens (tertiary/aromatic N) is 2. The van der Waals surface area contributed by atoms with E-state index in [1.807, 2.05) is 37.8 Å². The van der Waals surface area contributed by atoms with Crippen LogP contribution in [0.3, 0.4) is 0 Å². The molecule has 22 heavy (non-hydrogen) atoms. The molecule has 5 heteroatoms. The van der Waals surface area contributed by atoms with Gasteiger partial charge in [0.1, 0.15) is 11.4 Å². The quantitative estimate of drug-likeness (QED) is 0.926. The first-order chi connectivity index (χ1) is 10.6. The predicted molar refractivity (Wildman–Crippen MR) is 88.8 cm³/mol. The van der Waals surface area contributed by atoms with Gasteiger partial charge in [-0.15, -0.1) is 0 Å². The number of ether oxygens (including phenoxy) is 1. The van der Waals surface area contributed by atoms with E-state index in [9.17, 15) is 4.79 Å². The van der Waals surface area contributed by atoms with Crippen LogP contribution in [-0.2, 0) is 4.79 Å². The maximum absolute atomic E-state index is 12.8. The minimum atomic E-state index is -0.384. The van der Waals surface area contributed by atoms with Gasteiger partial charge in [-0.3, -0.25) is 4.79 Å². The summed E-state index contributed by atoms with van der Waals surface area (Å²) < 4.78 is 6.04. The summed E-state index contributed by atoms with van der Waals surface area (Å²) in [6, 6.07) is 6.10. The van der Waals surface area contributed by atoms with E-state index in [4.69, 9.17) is 4.74 Å². The summed E-state index contributed by atoms with van der Waals surface area (Å²) in [7, 11) is 0. The maximum atomic E-state index is 12.8. The molecular formula is C17H25N3O2. The van der Waals surface area contributed by atoms with E-state index in [-0.39, 0.29) is 17.9 Å². The molecule has 0 radical (unpaired) electrons. The van der Waals surface area contributed by atoms with Crippen LogP contribution in [0.15, 0.2) is 18.2 Å². The number of nitrogens with one attached hydrogen (secondary N) is 1. The number of carbonyl (C=O) groups excluding carboxylic acids is 1. The lowest BCUT2D eigenvalue weighted by atomic mass is 10.0. The minimum Gasteiger partial charge on any atom is -0.478 e. The molecule has 2 aliphatic heterocycles. The molecule has 1 N–H and O–H groups in total. The minimum absolute atomic E-state index is 0.0765. The fourth-order valence-corrected chi connectivity index (χ4v) is 3.22. The molecule has 1 saturated heterocycles. The Morgan fingerprint density at radius 1 is 1.32 bits per heavy atom. The number of anilines is 2. The Balaban J connectivity index is 2.03. The van der Waals surface area contributed by atoms with E-state index in [1.165, 1.54) is 0 Å². The van der Waals surface area contributed by atoms with Crippen LogP contribution < -0.4 is 19.9 Å². The van der Waals surface area contributed by atoms with E-state index in [0.29, 0.717) is 6.54 Å². The number of rotatable bonds is 3. The average molecular weight is 303 g/mol. The molecule has 1 aromatic rings. The van der Waals surface area contributed by atoms with Gasteiger partial charge >= 0.3 is 0 Å². The lowest BCUT2D eigenvalue weighted by Crippen LogP contribution is -2.50. The second-order valence-corrected chi connectivity index (χ2v) is 6.23. The molecule has 2 aliphatic rings. The SMILES string of the molecule is CCN1C(=O)C(C(C)C)Oc2cccc(N3CCNCC3)c21. The molecule has 0 spiro atoms. The summed E-state index contributed by atoms with van der Waals surface area (Å²) in [6.45, 7) is 10.6. The lowest BCUT2D eigenvalue weighted by molar-refractivity contribution is -0.128. The smallest absolute Gasteiger partial charge is 0.268 e. The maximum Gasteiger partial charge on any atom is 0.268 e. The summed E-state index contributed by atoms with van der Waals surface area (Å²) in [4.78, 5) is 17.0. The van der Waals surface area contributed by atoms with E-state index in [0.717, 1.165) is 43.3 Å². The Labute approximate surface area is 132 Å². The third-order valence-corrected chi connectivity index (χ3v) is 4.39. The zero-order valence-electron chi connectivity index (χ0n) is 13.6. The Morgan fingerprint density at radius 2 is 2.05 bits per heavy atom. The molecule has 1 aromatic carbocycles. The van der Waals surface area contributed by atoms with Crippen molar-refractivity contribution in [2.75, 3.05) is 42.5 Å². The molecule has 1 unspecified atom stereocenters. The van der Waals surface area contributed by atoms with E-state index >= 15 is 0 Å². The van der Waals surface area contributed by atoms with Crippen LogP contribution in [0.4, 0.5) is 11.4 Å². The van der Waals surface area contributed by atoms with Gasteiger partial charge in [0.25, 0.3) is 5.91 Å². The number of likely N-dealkylation sites (N-methyl/N-ethyl adjacent to an activating group) is 1. The van der Waals surface area contributed by atoms with Gasteiger partial charge in [-0.25, -0.2) is 0 Å². The van der Waals surface area contributed by atoms with Gasteiger partial charge in [0, 0.05) is 32.7 Å². The number of para-hydroxylation sites is 1. The summed E-state index contributed by atoms with van der Waals surface area (Å²) >= 11 is 0. The zero-order chi connectivity index (χ0) is 15.7. The fraction of sp³-hybridized carbons (Fsp3) is 0.588. The number of piperazine rings is 1.